The molecule has 27 heavy (non-hydrogen) atoms. The molecule has 2 saturated heterocycles. The van der Waals surface area contributed by atoms with Crippen LogP contribution in [0.3, 0.4) is 0 Å². The summed E-state index contributed by atoms with van der Waals surface area (Å²) < 4.78 is 5.87. The smallest absolute Gasteiger partial charge is 0.276 e. The minimum Gasteiger partial charge on any atom is -0.505 e. The van der Waals surface area contributed by atoms with Crippen molar-refractivity contribution in [3.8, 4) is 5.75 Å². The van der Waals surface area contributed by atoms with Crippen molar-refractivity contribution in [2.45, 2.75) is 25.1 Å². The summed E-state index contributed by atoms with van der Waals surface area (Å²) in [6.07, 6.45) is 1.58. The molecule has 4 rings (SSSR count). The average molecular weight is 367 g/mol. The molecule has 1 aromatic heterocycles. The number of ether oxygens (including phenoxy) is 1. The fraction of sp³-hybridized carbons (Fsp3) is 0.350. The number of carbonyl (C=O) groups is 2. The third-order valence-corrected chi connectivity index (χ3v) is 5.08. The molecule has 140 valence electrons. The molecule has 0 radical (unpaired) electrons. The quantitative estimate of drug-likeness (QED) is 0.887. The number of nitrogens with zero attached hydrogens (tertiary/aromatic N) is 3. The molecule has 2 aliphatic rings. The van der Waals surface area contributed by atoms with Gasteiger partial charge in [0.1, 0.15) is 5.75 Å². The Hall–Kier alpha value is -2.93. The first-order chi connectivity index (χ1) is 13.1. The monoisotopic (exact) mass is 367 g/mol. The van der Waals surface area contributed by atoms with E-state index in [4.69, 9.17) is 4.74 Å². The molecule has 0 saturated carbocycles. The second-order valence-electron chi connectivity index (χ2n) is 6.82. The number of hydrogen-bond acceptors (Lipinski definition) is 5. The molecular formula is C20H21N3O4. The van der Waals surface area contributed by atoms with Crippen molar-refractivity contribution < 1.29 is 19.4 Å². The number of fused-ring (bicyclic) bond motifs is 1. The van der Waals surface area contributed by atoms with Crippen molar-refractivity contribution in [1.29, 1.82) is 0 Å². The Kier molecular flexibility index (Phi) is 4.77. The van der Waals surface area contributed by atoms with Crippen LogP contribution in [0.25, 0.3) is 0 Å². The maximum absolute atomic E-state index is 12.8. The molecule has 7 nitrogen and oxygen atoms in total. The van der Waals surface area contributed by atoms with Crippen LogP contribution >= 0.6 is 0 Å². The van der Waals surface area contributed by atoms with E-state index in [9.17, 15) is 14.7 Å². The lowest BCUT2D eigenvalue weighted by molar-refractivity contribution is -0.133. The second kappa shape index (κ2) is 7.36. The Balaban J connectivity index is 1.56. The summed E-state index contributed by atoms with van der Waals surface area (Å²) >= 11 is 0. The van der Waals surface area contributed by atoms with Crippen LogP contribution in [0, 0.1) is 0 Å². The van der Waals surface area contributed by atoms with E-state index >= 15 is 0 Å². The zero-order valence-corrected chi connectivity index (χ0v) is 14.8. The van der Waals surface area contributed by atoms with Crippen LogP contribution < -0.4 is 0 Å². The van der Waals surface area contributed by atoms with E-state index in [0.29, 0.717) is 32.7 Å². The molecule has 1 aromatic carbocycles. The summed E-state index contributed by atoms with van der Waals surface area (Å²) in [5.41, 5.74) is 1.06. The molecule has 2 fully saturated rings. The normalized spacial score (nSPS) is 22.4. The lowest BCUT2D eigenvalue weighted by atomic mass is 10.1. The zero-order valence-electron chi connectivity index (χ0n) is 14.8. The van der Waals surface area contributed by atoms with Gasteiger partial charge in [-0.05, 0) is 17.7 Å². The first kappa shape index (κ1) is 17.5. The predicted molar refractivity (Wildman–Crippen MR) is 96.9 cm³/mol. The summed E-state index contributed by atoms with van der Waals surface area (Å²) in [7, 11) is 0. The third-order valence-electron chi connectivity index (χ3n) is 5.08. The van der Waals surface area contributed by atoms with E-state index < -0.39 is 0 Å². The lowest BCUT2D eigenvalue weighted by Crippen LogP contribution is -2.45. The highest BCUT2D eigenvalue weighted by atomic mass is 16.5. The second-order valence-corrected chi connectivity index (χ2v) is 6.82. The maximum Gasteiger partial charge on any atom is 0.276 e. The first-order valence-electron chi connectivity index (χ1n) is 9.02. The first-order valence-corrected chi connectivity index (χ1v) is 9.02. The van der Waals surface area contributed by atoms with Crippen LogP contribution in [0.15, 0.2) is 48.7 Å². The van der Waals surface area contributed by atoms with Gasteiger partial charge in [0, 0.05) is 25.8 Å². The van der Waals surface area contributed by atoms with Crippen LogP contribution in [0.5, 0.6) is 5.75 Å². The van der Waals surface area contributed by atoms with Gasteiger partial charge in [0.2, 0.25) is 5.91 Å². The summed E-state index contributed by atoms with van der Waals surface area (Å²) in [5, 5.41) is 9.93. The Bertz CT molecular complexity index is 842. The number of hydrogen-bond donors (Lipinski definition) is 1. The van der Waals surface area contributed by atoms with Crippen LogP contribution in [0.2, 0.25) is 0 Å². The Morgan fingerprint density at radius 1 is 1.19 bits per heavy atom. The van der Waals surface area contributed by atoms with Crippen molar-refractivity contribution in [2.75, 3.05) is 19.7 Å². The Morgan fingerprint density at radius 3 is 2.78 bits per heavy atom. The Morgan fingerprint density at radius 2 is 2.00 bits per heavy atom. The van der Waals surface area contributed by atoms with E-state index in [1.165, 1.54) is 12.3 Å². The van der Waals surface area contributed by atoms with Gasteiger partial charge < -0.3 is 19.6 Å². The lowest BCUT2D eigenvalue weighted by Gasteiger charge is -2.29. The van der Waals surface area contributed by atoms with Gasteiger partial charge in [0.05, 0.1) is 25.2 Å². The fourth-order valence-corrected chi connectivity index (χ4v) is 3.71. The molecule has 1 N–H and O–H groups in total. The summed E-state index contributed by atoms with van der Waals surface area (Å²) in [5.74, 6) is -0.467. The number of aromatic hydroxyl groups is 1. The number of aromatic nitrogens is 1. The Labute approximate surface area is 157 Å². The van der Waals surface area contributed by atoms with E-state index in [1.54, 1.807) is 11.0 Å². The summed E-state index contributed by atoms with van der Waals surface area (Å²) in [6.45, 7) is 1.57. The van der Waals surface area contributed by atoms with Crippen molar-refractivity contribution >= 4 is 11.8 Å². The SMILES string of the molecule is O=C(c1ncccc1O)N1C[C@@H]2OCCC(=O)N(Cc3ccccc3)[C@H]2C1. The maximum atomic E-state index is 12.8. The fourth-order valence-electron chi connectivity index (χ4n) is 3.71. The molecule has 3 heterocycles. The number of amides is 2. The molecular weight excluding hydrogens is 346 g/mol. The summed E-state index contributed by atoms with van der Waals surface area (Å²) in [4.78, 5) is 32.9. The topological polar surface area (TPSA) is 83.0 Å². The minimum atomic E-state index is -0.350. The molecule has 0 aliphatic carbocycles. The zero-order chi connectivity index (χ0) is 18.8. The number of likely N-dealkylation sites (tertiary alicyclic amines) is 1. The largest absolute Gasteiger partial charge is 0.505 e. The van der Waals surface area contributed by atoms with Crippen molar-refractivity contribution in [3.63, 3.8) is 0 Å². The minimum absolute atomic E-state index is 0.0231. The molecule has 0 unspecified atom stereocenters. The molecule has 2 atom stereocenters. The highest BCUT2D eigenvalue weighted by molar-refractivity contribution is 5.95. The van der Waals surface area contributed by atoms with E-state index in [0.717, 1.165) is 5.56 Å². The van der Waals surface area contributed by atoms with Gasteiger partial charge in [-0.2, -0.15) is 0 Å². The van der Waals surface area contributed by atoms with Crippen LogP contribution in [-0.2, 0) is 16.1 Å². The van der Waals surface area contributed by atoms with Crippen LogP contribution in [-0.4, -0.2) is 63.5 Å². The highest BCUT2D eigenvalue weighted by Crippen LogP contribution is 2.27. The molecule has 0 bridgehead atoms. The molecule has 2 aliphatic heterocycles. The van der Waals surface area contributed by atoms with Crippen LogP contribution in [0.4, 0.5) is 0 Å². The van der Waals surface area contributed by atoms with Crippen molar-refractivity contribution in [2.24, 2.45) is 0 Å². The van der Waals surface area contributed by atoms with E-state index in [1.807, 2.05) is 35.2 Å². The van der Waals surface area contributed by atoms with Gasteiger partial charge in [0.15, 0.2) is 5.69 Å². The number of rotatable bonds is 3. The van der Waals surface area contributed by atoms with E-state index in [2.05, 4.69) is 4.98 Å². The van der Waals surface area contributed by atoms with Gasteiger partial charge >= 0.3 is 0 Å². The van der Waals surface area contributed by atoms with Gasteiger partial charge in [-0.1, -0.05) is 30.3 Å². The van der Waals surface area contributed by atoms with Crippen molar-refractivity contribution in [3.05, 3.63) is 59.9 Å². The van der Waals surface area contributed by atoms with Gasteiger partial charge in [-0.3, -0.25) is 9.59 Å². The summed E-state index contributed by atoms with van der Waals surface area (Å²) in [6, 6.07) is 12.6. The van der Waals surface area contributed by atoms with Gasteiger partial charge in [0.25, 0.3) is 5.91 Å². The highest BCUT2D eigenvalue weighted by Gasteiger charge is 2.43. The molecule has 7 heteroatoms. The van der Waals surface area contributed by atoms with Gasteiger partial charge in [-0.15, -0.1) is 0 Å². The number of pyridine rings is 1. The van der Waals surface area contributed by atoms with Crippen LogP contribution in [0.1, 0.15) is 22.5 Å². The predicted octanol–water partition coefficient (Wildman–Crippen LogP) is 1.43. The molecule has 2 amide bonds. The number of benzene rings is 1. The van der Waals surface area contributed by atoms with Crippen molar-refractivity contribution in [1.82, 2.24) is 14.8 Å². The third kappa shape index (κ3) is 3.50. The molecule has 2 aromatic rings. The number of carbonyl (C=O) groups excluding carboxylic acids is 2. The average Bonchev–Trinajstić information content (AvgIpc) is 3.04. The van der Waals surface area contributed by atoms with E-state index in [-0.39, 0.29) is 35.4 Å². The van der Waals surface area contributed by atoms with Gasteiger partial charge in [-0.25, -0.2) is 4.98 Å². The molecule has 0 spiro atoms. The standard InChI is InChI=1S/C20H21N3O4/c24-16-7-4-9-21-19(16)20(26)22-12-15-17(13-22)27-10-8-18(25)23(15)11-14-5-2-1-3-6-14/h1-7,9,15,17,24H,8,10-13H2/t15-,17-/m0/s1.